The fraction of sp³-hybridized carbons (Fsp3) is 0.625. The summed E-state index contributed by atoms with van der Waals surface area (Å²) in [6.07, 6.45) is 9.45. The summed E-state index contributed by atoms with van der Waals surface area (Å²) in [4.78, 5) is 0. The predicted octanol–water partition coefficient (Wildman–Crippen LogP) is 4.69. The molecule has 0 bridgehead atoms. The molecule has 1 heterocycles. The first-order chi connectivity index (χ1) is 8.92. The van der Waals surface area contributed by atoms with Crippen molar-refractivity contribution in [3.05, 3.63) is 34.9 Å². The first-order valence-electron chi connectivity index (χ1n) is 7.26. The topological polar surface area (TPSA) is 0 Å². The Morgan fingerprint density at radius 2 is 1.72 bits per heavy atom. The summed E-state index contributed by atoms with van der Waals surface area (Å²) < 4.78 is 0.856. The van der Waals surface area contributed by atoms with Crippen LogP contribution in [0.1, 0.15) is 42.4 Å². The van der Waals surface area contributed by atoms with Gasteiger partial charge in [0.15, 0.2) is 0 Å². The molecule has 0 unspecified atom stereocenters. The molecule has 2 heteroatoms. The minimum Gasteiger partial charge on any atom is -0.148 e. The molecule has 0 amide bonds. The van der Waals surface area contributed by atoms with Crippen LogP contribution in [-0.4, -0.2) is 16.1 Å². The number of aryl methyl sites for hydroxylation is 3. The van der Waals surface area contributed by atoms with Crippen LogP contribution >= 0.6 is 23.5 Å². The molecule has 3 rings (SSSR count). The van der Waals surface area contributed by atoms with Crippen molar-refractivity contribution in [2.45, 2.75) is 49.5 Å². The molecule has 0 N–H and O–H groups in total. The lowest BCUT2D eigenvalue weighted by molar-refractivity contribution is 0.683. The molecule has 0 radical (unpaired) electrons. The highest BCUT2D eigenvalue weighted by atomic mass is 32.2. The quantitative estimate of drug-likeness (QED) is 0.786. The average Bonchev–Trinajstić information content (AvgIpc) is 2.46. The predicted molar refractivity (Wildman–Crippen MR) is 84.7 cm³/mol. The maximum Gasteiger partial charge on any atom is 0.0505 e. The Balaban J connectivity index is 1.58. The van der Waals surface area contributed by atoms with Gasteiger partial charge < -0.3 is 0 Å². The van der Waals surface area contributed by atoms with Gasteiger partial charge in [0.25, 0.3) is 0 Å². The van der Waals surface area contributed by atoms with Crippen LogP contribution in [-0.2, 0) is 19.3 Å². The van der Waals surface area contributed by atoms with Gasteiger partial charge in [-0.25, -0.2) is 0 Å². The molecule has 1 fully saturated rings. The molecular formula is C16H22S2. The van der Waals surface area contributed by atoms with E-state index in [1.54, 1.807) is 16.7 Å². The molecule has 1 aliphatic carbocycles. The lowest BCUT2D eigenvalue weighted by Crippen LogP contribution is -2.08. The summed E-state index contributed by atoms with van der Waals surface area (Å²) >= 11 is 4.35. The number of thioether (sulfide) groups is 2. The van der Waals surface area contributed by atoms with Crippen molar-refractivity contribution in [3.8, 4) is 0 Å². The molecular weight excluding hydrogens is 256 g/mol. The van der Waals surface area contributed by atoms with Crippen LogP contribution in [0, 0.1) is 0 Å². The van der Waals surface area contributed by atoms with Gasteiger partial charge in [0.2, 0.25) is 0 Å². The maximum atomic E-state index is 2.49. The third-order valence-electron chi connectivity index (χ3n) is 3.98. The zero-order valence-electron chi connectivity index (χ0n) is 11.0. The van der Waals surface area contributed by atoms with E-state index in [2.05, 4.69) is 41.7 Å². The number of fused-ring (bicyclic) bond motifs is 1. The van der Waals surface area contributed by atoms with E-state index in [4.69, 9.17) is 0 Å². The summed E-state index contributed by atoms with van der Waals surface area (Å²) in [5.41, 5.74) is 4.83. The Morgan fingerprint density at radius 1 is 0.944 bits per heavy atom. The van der Waals surface area contributed by atoms with Gasteiger partial charge in [-0.15, -0.1) is 23.5 Å². The third kappa shape index (κ3) is 3.27. The first kappa shape index (κ1) is 12.9. The van der Waals surface area contributed by atoms with Crippen molar-refractivity contribution >= 4 is 23.5 Å². The summed E-state index contributed by atoms with van der Waals surface area (Å²) in [6.45, 7) is 0. The Kier molecular flexibility index (Phi) is 4.58. The summed E-state index contributed by atoms with van der Waals surface area (Å²) in [5.74, 6) is 2.75. The highest BCUT2D eigenvalue weighted by Gasteiger charge is 2.15. The standard InChI is InChI=1S/C16H22S2/c1-2-5-15-12-13(6-8-14(15)4-1)7-9-16-17-10-3-11-18-16/h6,8,12,16H,1-5,7,9-11H2. The van der Waals surface area contributed by atoms with Gasteiger partial charge in [-0.05, 0) is 73.1 Å². The summed E-state index contributed by atoms with van der Waals surface area (Å²) in [6, 6.07) is 7.26. The van der Waals surface area contributed by atoms with Gasteiger partial charge in [-0.3, -0.25) is 0 Å². The largest absolute Gasteiger partial charge is 0.148 e. The number of benzene rings is 1. The van der Waals surface area contributed by atoms with E-state index >= 15 is 0 Å². The highest BCUT2D eigenvalue weighted by molar-refractivity contribution is 8.17. The van der Waals surface area contributed by atoms with Gasteiger partial charge in [-0.1, -0.05) is 18.2 Å². The number of hydrogen-bond acceptors (Lipinski definition) is 2. The van der Waals surface area contributed by atoms with E-state index in [0.717, 1.165) is 4.58 Å². The molecule has 0 spiro atoms. The Labute approximate surface area is 119 Å². The molecule has 1 aromatic rings. The Morgan fingerprint density at radius 3 is 2.56 bits per heavy atom. The summed E-state index contributed by atoms with van der Waals surface area (Å²) in [7, 11) is 0. The van der Waals surface area contributed by atoms with E-state index < -0.39 is 0 Å². The normalized spacial score (nSPS) is 20.7. The molecule has 18 heavy (non-hydrogen) atoms. The van der Waals surface area contributed by atoms with Gasteiger partial charge >= 0.3 is 0 Å². The van der Waals surface area contributed by atoms with Crippen LogP contribution in [0.5, 0.6) is 0 Å². The molecule has 0 atom stereocenters. The van der Waals surface area contributed by atoms with Gasteiger partial charge in [0.05, 0.1) is 4.58 Å². The van der Waals surface area contributed by atoms with Crippen molar-refractivity contribution < 1.29 is 0 Å². The minimum absolute atomic E-state index is 0.856. The van der Waals surface area contributed by atoms with Crippen LogP contribution in [0.3, 0.4) is 0 Å². The van der Waals surface area contributed by atoms with Crippen molar-refractivity contribution in [2.24, 2.45) is 0 Å². The van der Waals surface area contributed by atoms with Gasteiger partial charge in [0, 0.05) is 0 Å². The second-order valence-corrected chi connectivity index (χ2v) is 8.29. The zero-order chi connectivity index (χ0) is 12.2. The van der Waals surface area contributed by atoms with Crippen LogP contribution < -0.4 is 0 Å². The monoisotopic (exact) mass is 278 g/mol. The smallest absolute Gasteiger partial charge is 0.0505 e. The van der Waals surface area contributed by atoms with Crippen molar-refractivity contribution in [3.63, 3.8) is 0 Å². The zero-order valence-corrected chi connectivity index (χ0v) is 12.6. The van der Waals surface area contributed by atoms with E-state index in [1.807, 2.05) is 0 Å². The van der Waals surface area contributed by atoms with E-state index in [-0.39, 0.29) is 0 Å². The van der Waals surface area contributed by atoms with E-state index in [9.17, 15) is 0 Å². The second kappa shape index (κ2) is 6.38. The van der Waals surface area contributed by atoms with Crippen molar-refractivity contribution in [1.82, 2.24) is 0 Å². The Bertz CT molecular complexity index is 394. The SMILES string of the molecule is c1cc2c(cc1CCC1SCCCS1)CCCC2. The Hall–Kier alpha value is -0.0800. The second-order valence-electron chi connectivity index (χ2n) is 5.37. The number of hydrogen-bond donors (Lipinski definition) is 0. The highest BCUT2D eigenvalue weighted by Crippen LogP contribution is 2.34. The molecule has 0 saturated carbocycles. The summed E-state index contributed by atoms with van der Waals surface area (Å²) in [5, 5.41) is 0. The lowest BCUT2D eigenvalue weighted by atomic mass is 9.90. The fourth-order valence-corrected chi connectivity index (χ4v) is 5.79. The molecule has 1 saturated heterocycles. The average molecular weight is 278 g/mol. The molecule has 98 valence electrons. The lowest BCUT2D eigenvalue weighted by Gasteiger charge is -2.21. The molecule has 0 aromatic heterocycles. The molecule has 1 aromatic carbocycles. The van der Waals surface area contributed by atoms with Gasteiger partial charge in [0.1, 0.15) is 0 Å². The molecule has 2 aliphatic rings. The van der Waals surface area contributed by atoms with Crippen LogP contribution in [0.15, 0.2) is 18.2 Å². The molecule has 1 aliphatic heterocycles. The molecule has 0 nitrogen and oxygen atoms in total. The van der Waals surface area contributed by atoms with Gasteiger partial charge in [-0.2, -0.15) is 0 Å². The first-order valence-corrected chi connectivity index (χ1v) is 9.35. The van der Waals surface area contributed by atoms with E-state index in [1.165, 1.54) is 56.5 Å². The van der Waals surface area contributed by atoms with Crippen LogP contribution in [0.2, 0.25) is 0 Å². The van der Waals surface area contributed by atoms with Crippen molar-refractivity contribution in [2.75, 3.05) is 11.5 Å². The maximum absolute atomic E-state index is 2.49. The van der Waals surface area contributed by atoms with Crippen molar-refractivity contribution in [1.29, 1.82) is 0 Å². The third-order valence-corrected chi connectivity index (χ3v) is 7.06. The minimum atomic E-state index is 0.856. The van der Waals surface area contributed by atoms with E-state index in [0.29, 0.717) is 0 Å². The van der Waals surface area contributed by atoms with Crippen LogP contribution in [0.4, 0.5) is 0 Å². The number of rotatable bonds is 3. The van der Waals surface area contributed by atoms with Crippen LogP contribution in [0.25, 0.3) is 0 Å². The fourth-order valence-electron chi connectivity index (χ4n) is 2.93.